The van der Waals surface area contributed by atoms with E-state index in [2.05, 4.69) is 31.4 Å². The number of hydrogen-bond acceptors (Lipinski definition) is 6. The van der Waals surface area contributed by atoms with Crippen LogP contribution in [0.5, 0.6) is 11.5 Å². The number of ether oxygens (including phenoxy) is 2. The highest BCUT2D eigenvalue weighted by molar-refractivity contribution is 9.10. The van der Waals surface area contributed by atoms with E-state index in [1.54, 1.807) is 19.4 Å². The molecule has 2 aromatic carbocycles. The van der Waals surface area contributed by atoms with Gasteiger partial charge in [-0.25, -0.2) is 10.4 Å². The second kappa shape index (κ2) is 10.2. The summed E-state index contributed by atoms with van der Waals surface area (Å²) in [5.41, 5.74) is 10.9. The minimum Gasteiger partial charge on any atom is -0.493 e. The second-order valence-corrected chi connectivity index (χ2v) is 8.24. The summed E-state index contributed by atoms with van der Waals surface area (Å²) in [6, 6.07) is 13.4. The Kier molecular flexibility index (Phi) is 7.42. The van der Waals surface area contributed by atoms with Crippen molar-refractivity contribution in [2.45, 2.75) is 20.0 Å². The topological polar surface area (TPSA) is 100 Å². The number of nitrogens with one attached hydrogen (secondary N) is 2. The number of nitrogens with two attached hydrogens (primary N) is 1. The monoisotopic (exact) mass is 489 g/mol. The Balaban J connectivity index is 1.63. The standard InChI is InChI=1S/C21H21BrN4O3S/c1-3-16-19(30-21(23)25-16)20(27)26-24-11-14-6-9-17(18(10-14)28-2)29-12-13-4-7-15(22)8-5-13/h4-11H,3,12H2,1-2H3,(H2,23,25)(H,26,27)/p+1. The molecule has 1 aromatic heterocycles. The summed E-state index contributed by atoms with van der Waals surface area (Å²) in [5.74, 6) is 0.901. The number of hydrogen-bond donors (Lipinski definition) is 2. The molecule has 1 amide bonds. The van der Waals surface area contributed by atoms with Crippen LogP contribution in [0.4, 0.5) is 5.13 Å². The van der Waals surface area contributed by atoms with Gasteiger partial charge in [-0.15, -0.1) is 0 Å². The van der Waals surface area contributed by atoms with Crippen molar-refractivity contribution in [3.8, 4) is 11.5 Å². The van der Waals surface area contributed by atoms with E-state index in [0.29, 0.717) is 34.5 Å². The van der Waals surface area contributed by atoms with Crippen LogP contribution in [-0.4, -0.2) is 19.2 Å². The first kappa shape index (κ1) is 21.8. The summed E-state index contributed by atoms with van der Waals surface area (Å²) in [7, 11) is 1.58. The predicted molar refractivity (Wildman–Crippen MR) is 121 cm³/mol. The van der Waals surface area contributed by atoms with Gasteiger partial charge in [-0.1, -0.05) is 35.0 Å². The maximum Gasteiger partial charge on any atom is 0.330 e. The zero-order valence-electron chi connectivity index (χ0n) is 16.6. The van der Waals surface area contributed by atoms with Crippen LogP contribution < -0.4 is 25.6 Å². The van der Waals surface area contributed by atoms with Crippen LogP contribution in [0, 0.1) is 0 Å². The third kappa shape index (κ3) is 5.58. The minimum absolute atomic E-state index is 0.303. The molecule has 0 spiro atoms. The quantitative estimate of drug-likeness (QED) is 0.370. The highest BCUT2D eigenvalue weighted by Gasteiger charge is 2.18. The summed E-state index contributed by atoms with van der Waals surface area (Å²) in [6.45, 7) is 2.37. The first-order valence-corrected chi connectivity index (χ1v) is 10.8. The van der Waals surface area contributed by atoms with Gasteiger partial charge in [0, 0.05) is 10.9 Å². The molecule has 0 atom stereocenters. The van der Waals surface area contributed by atoms with Crippen molar-refractivity contribution < 1.29 is 19.3 Å². The fourth-order valence-electron chi connectivity index (χ4n) is 2.68. The van der Waals surface area contributed by atoms with Gasteiger partial charge in [0.05, 0.1) is 13.3 Å². The van der Waals surface area contributed by atoms with Crippen molar-refractivity contribution in [3.63, 3.8) is 0 Å². The molecule has 3 rings (SSSR count). The molecule has 0 aliphatic heterocycles. The van der Waals surface area contributed by atoms with E-state index in [0.717, 1.165) is 21.3 Å². The molecule has 4 N–H and O–H groups in total. The number of rotatable bonds is 8. The Morgan fingerprint density at radius 1 is 1.27 bits per heavy atom. The zero-order valence-corrected chi connectivity index (χ0v) is 19.0. The Hall–Kier alpha value is -2.91. The van der Waals surface area contributed by atoms with Crippen molar-refractivity contribution in [1.29, 1.82) is 0 Å². The average Bonchev–Trinajstić information content (AvgIpc) is 3.14. The zero-order chi connectivity index (χ0) is 21.5. The van der Waals surface area contributed by atoms with E-state index in [1.807, 2.05) is 43.3 Å². The van der Waals surface area contributed by atoms with Gasteiger partial charge in [0.2, 0.25) is 0 Å². The van der Waals surface area contributed by atoms with Gasteiger partial charge < -0.3 is 9.47 Å². The van der Waals surface area contributed by atoms with E-state index in [-0.39, 0.29) is 5.91 Å². The maximum atomic E-state index is 12.3. The third-order valence-corrected chi connectivity index (χ3v) is 5.68. The summed E-state index contributed by atoms with van der Waals surface area (Å²) in [6.07, 6.45) is 2.23. The van der Waals surface area contributed by atoms with E-state index >= 15 is 0 Å². The molecule has 0 bridgehead atoms. The number of benzene rings is 2. The maximum absolute atomic E-state index is 12.3. The number of hydrazone groups is 1. The molecule has 9 heteroatoms. The Labute approximate surface area is 187 Å². The molecule has 0 saturated heterocycles. The van der Waals surface area contributed by atoms with Gasteiger partial charge in [-0.3, -0.25) is 10.5 Å². The second-order valence-electron chi connectivity index (χ2n) is 6.28. The number of H-pyrrole nitrogens is 1. The number of methoxy groups -OCH3 is 1. The fraction of sp³-hybridized carbons (Fsp3) is 0.190. The van der Waals surface area contributed by atoms with Crippen molar-refractivity contribution in [1.82, 2.24) is 5.43 Å². The van der Waals surface area contributed by atoms with Crippen molar-refractivity contribution in [3.05, 3.63) is 68.6 Å². The number of carbonyl (C=O) groups excluding carboxylic acids is 1. The molecule has 7 nitrogen and oxygen atoms in total. The normalized spacial score (nSPS) is 10.9. The number of thiazole rings is 1. The van der Waals surface area contributed by atoms with Gasteiger partial charge in [-0.2, -0.15) is 5.10 Å². The number of nitrogens with zero attached hydrogens (tertiary/aromatic N) is 1. The molecule has 0 aliphatic rings. The number of amides is 1. The largest absolute Gasteiger partial charge is 0.493 e. The first-order valence-electron chi connectivity index (χ1n) is 9.19. The van der Waals surface area contributed by atoms with Gasteiger partial charge in [-0.05, 0) is 52.8 Å². The lowest BCUT2D eigenvalue weighted by Crippen LogP contribution is -2.20. The third-order valence-electron chi connectivity index (χ3n) is 4.19. The molecule has 0 fully saturated rings. The lowest BCUT2D eigenvalue weighted by Gasteiger charge is -2.11. The number of carbonyl (C=O) groups is 1. The first-order chi connectivity index (χ1) is 14.5. The van der Waals surface area contributed by atoms with Crippen molar-refractivity contribution >= 4 is 44.5 Å². The molecule has 156 valence electrons. The summed E-state index contributed by atoms with van der Waals surface area (Å²) < 4.78 is 12.3. The number of halogens is 1. The van der Waals surface area contributed by atoms with Crippen LogP contribution in [-0.2, 0) is 13.0 Å². The van der Waals surface area contributed by atoms with Crippen LogP contribution in [0.1, 0.15) is 33.4 Å². The van der Waals surface area contributed by atoms with Crippen LogP contribution in [0.15, 0.2) is 52.0 Å². The minimum atomic E-state index is -0.303. The molecule has 0 saturated carbocycles. The molecule has 1 heterocycles. The smallest absolute Gasteiger partial charge is 0.330 e. The number of anilines is 1. The highest BCUT2D eigenvalue weighted by Crippen LogP contribution is 2.28. The van der Waals surface area contributed by atoms with Crippen LogP contribution in [0.3, 0.4) is 0 Å². The molecule has 0 radical (unpaired) electrons. The van der Waals surface area contributed by atoms with Crippen LogP contribution >= 0.6 is 27.3 Å². The van der Waals surface area contributed by atoms with Gasteiger partial charge in [0.1, 0.15) is 17.2 Å². The molecular formula is C21H22BrN4O3S+. The summed E-state index contributed by atoms with van der Waals surface area (Å²) in [4.78, 5) is 15.8. The Morgan fingerprint density at radius 3 is 2.73 bits per heavy atom. The number of aryl methyl sites for hydroxylation is 1. The van der Waals surface area contributed by atoms with Gasteiger partial charge in [0.25, 0.3) is 5.91 Å². The van der Waals surface area contributed by atoms with Crippen molar-refractivity contribution in [2.75, 3.05) is 12.8 Å². The van der Waals surface area contributed by atoms with E-state index in [1.165, 1.54) is 11.3 Å². The Morgan fingerprint density at radius 2 is 2.03 bits per heavy atom. The van der Waals surface area contributed by atoms with Gasteiger partial charge >= 0.3 is 5.13 Å². The predicted octanol–water partition coefficient (Wildman–Crippen LogP) is 3.82. The average molecular weight is 490 g/mol. The summed E-state index contributed by atoms with van der Waals surface area (Å²) in [5, 5.41) is 4.53. The SMILES string of the molecule is CCc1[nH+]c(N)sc1C(=O)NN=Cc1ccc(OCc2ccc(Br)cc2)c(OC)c1. The van der Waals surface area contributed by atoms with E-state index in [4.69, 9.17) is 15.2 Å². The lowest BCUT2D eigenvalue weighted by molar-refractivity contribution is -0.366. The fourth-order valence-corrected chi connectivity index (χ4v) is 3.79. The molecule has 30 heavy (non-hydrogen) atoms. The Bertz CT molecular complexity index is 1050. The van der Waals surface area contributed by atoms with E-state index < -0.39 is 0 Å². The molecule has 3 aromatic rings. The number of aromatic nitrogens is 1. The van der Waals surface area contributed by atoms with Gasteiger partial charge in [0.15, 0.2) is 11.5 Å². The van der Waals surface area contributed by atoms with Crippen molar-refractivity contribution in [2.24, 2.45) is 5.10 Å². The summed E-state index contributed by atoms with van der Waals surface area (Å²) >= 11 is 4.62. The lowest BCUT2D eigenvalue weighted by atomic mass is 10.2. The van der Waals surface area contributed by atoms with Crippen LogP contribution in [0.2, 0.25) is 0 Å². The highest BCUT2D eigenvalue weighted by atomic mass is 79.9. The molecule has 0 unspecified atom stereocenters. The number of nitrogen functional groups attached to an aromatic ring is 1. The van der Waals surface area contributed by atoms with Crippen LogP contribution in [0.25, 0.3) is 0 Å². The molecular weight excluding hydrogens is 468 g/mol. The van der Waals surface area contributed by atoms with E-state index in [9.17, 15) is 4.79 Å². The molecule has 0 aliphatic carbocycles. The number of aromatic amines is 1.